The molecule has 13 heavy (non-hydrogen) atoms. The first kappa shape index (κ1) is 10.9. The van der Waals surface area contributed by atoms with Crippen LogP contribution in [0, 0.1) is 0 Å². The molecular weight excluding hydrogens is 192 g/mol. The summed E-state index contributed by atoms with van der Waals surface area (Å²) in [5, 5.41) is 0. The Hall–Kier alpha value is -0.170. The summed E-state index contributed by atoms with van der Waals surface area (Å²) in [6.07, 6.45) is 0.778. The fourth-order valence-corrected chi connectivity index (χ4v) is 2.76. The minimum absolute atomic E-state index is 0.471. The Kier molecular flexibility index (Phi) is 3.66. The zero-order chi connectivity index (χ0) is 9.90. The fourth-order valence-electron chi connectivity index (χ4n) is 1.29. The van der Waals surface area contributed by atoms with Gasteiger partial charge in [-0.3, -0.25) is 4.84 Å². The highest BCUT2D eigenvalue weighted by atomic mass is 32.2. The smallest absolute Gasteiger partial charge is 0.283 e. The highest BCUT2D eigenvalue weighted by molar-refractivity contribution is 7.86. The molecule has 6 heteroatoms. The molecule has 0 aromatic carbocycles. The zero-order valence-corrected chi connectivity index (χ0v) is 8.88. The molecule has 0 N–H and O–H groups in total. The lowest BCUT2D eigenvalue weighted by molar-refractivity contribution is -0.0338. The van der Waals surface area contributed by atoms with Crippen LogP contribution < -0.4 is 0 Å². The van der Waals surface area contributed by atoms with Crippen LogP contribution in [0.25, 0.3) is 0 Å². The second-order valence-corrected chi connectivity index (χ2v) is 4.62. The molecule has 0 aliphatic carbocycles. The van der Waals surface area contributed by atoms with Crippen LogP contribution in [0.4, 0.5) is 0 Å². The first-order valence-corrected chi connectivity index (χ1v) is 5.93. The van der Waals surface area contributed by atoms with Crippen molar-refractivity contribution in [3.05, 3.63) is 0 Å². The number of hydrogen-bond donors (Lipinski definition) is 0. The number of hydroxylamine groups is 1. The maximum Gasteiger partial charge on any atom is 0.304 e. The van der Waals surface area contributed by atoms with Gasteiger partial charge in [0.2, 0.25) is 0 Å². The fraction of sp³-hybridized carbons (Fsp3) is 1.00. The van der Waals surface area contributed by atoms with Gasteiger partial charge in [0, 0.05) is 19.6 Å². The van der Waals surface area contributed by atoms with Crippen LogP contribution in [0.3, 0.4) is 0 Å². The molecule has 0 aromatic heterocycles. The first-order chi connectivity index (χ1) is 6.12. The summed E-state index contributed by atoms with van der Waals surface area (Å²) in [5.74, 6) is 0. The third kappa shape index (κ3) is 2.19. The maximum absolute atomic E-state index is 11.7. The van der Waals surface area contributed by atoms with Crippen LogP contribution in [0.5, 0.6) is 0 Å². The van der Waals surface area contributed by atoms with Crippen molar-refractivity contribution in [1.82, 2.24) is 8.77 Å². The standard InChI is InChI=1S/C7H16N2O3S/c1-3-8(4-2)13(10,11)9-6-5-7-12-9/h3-7H2,1-2H3. The quantitative estimate of drug-likeness (QED) is 0.663. The van der Waals surface area contributed by atoms with E-state index >= 15 is 0 Å². The van der Waals surface area contributed by atoms with E-state index < -0.39 is 10.2 Å². The van der Waals surface area contributed by atoms with E-state index in [4.69, 9.17) is 4.84 Å². The molecule has 0 amide bonds. The van der Waals surface area contributed by atoms with E-state index in [0.29, 0.717) is 26.2 Å². The summed E-state index contributed by atoms with van der Waals surface area (Å²) in [7, 11) is -3.36. The predicted octanol–water partition coefficient (Wildman–Crippen LogP) is 0.210. The van der Waals surface area contributed by atoms with Crippen molar-refractivity contribution in [1.29, 1.82) is 0 Å². The largest absolute Gasteiger partial charge is 0.304 e. The monoisotopic (exact) mass is 208 g/mol. The van der Waals surface area contributed by atoms with Crippen molar-refractivity contribution in [2.75, 3.05) is 26.2 Å². The molecular formula is C7H16N2O3S. The number of rotatable bonds is 4. The van der Waals surface area contributed by atoms with E-state index in [1.165, 1.54) is 4.31 Å². The molecule has 0 unspecified atom stereocenters. The Balaban J connectivity index is 2.73. The molecule has 1 heterocycles. The molecule has 0 radical (unpaired) electrons. The van der Waals surface area contributed by atoms with Gasteiger partial charge in [-0.25, -0.2) is 0 Å². The van der Waals surface area contributed by atoms with Crippen LogP contribution in [0.15, 0.2) is 0 Å². The van der Waals surface area contributed by atoms with Crippen molar-refractivity contribution in [2.24, 2.45) is 0 Å². The minimum atomic E-state index is -3.36. The lowest BCUT2D eigenvalue weighted by atomic mass is 10.5. The summed E-state index contributed by atoms with van der Waals surface area (Å²) >= 11 is 0. The van der Waals surface area contributed by atoms with E-state index in [1.54, 1.807) is 0 Å². The van der Waals surface area contributed by atoms with Gasteiger partial charge in [0.1, 0.15) is 0 Å². The van der Waals surface area contributed by atoms with Gasteiger partial charge in [-0.05, 0) is 6.42 Å². The Bertz CT molecular complexity index is 234. The summed E-state index contributed by atoms with van der Waals surface area (Å²) in [5.41, 5.74) is 0. The molecule has 78 valence electrons. The predicted molar refractivity (Wildman–Crippen MR) is 49.1 cm³/mol. The van der Waals surface area contributed by atoms with E-state index in [0.717, 1.165) is 10.9 Å². The normalized spacial score (nSPS) is 19.9. The minimum Gasteiger partial charge on any atom is -0.283 e. The Morgan fingerprint density at radius 2 is 2.00 bits per heavy atom. The van der Waals surface area contributed by atoms with E-state index in [1.807, 2.05) is 13.8 Å². The molecule has 0 atom stereocenters. The van der Waals surface area contributed by atoms with Gasteiger partial charge in [0.05, 0.1) is 6.61 Å². The van der Waals surface area contributed by atoms with Crippen LogP contribution in [0.1, 0.15) is 20.3 Å². The van der Waals surface area contributed by atoms with Crippen molar-refractivity contribution in [3.63, 3.8) is 0 Å². The maximum atomic E-state index is 11.7. The van der Waals surface area contributed by atoms with Gasteiger partial charge in [0.25, 0.3) is 0 Å². The van der Waals surface area contributed by atoms with Gasteiger partial charge in [-0.15, -0.1) is 0 Å². The second-order valence-electron chi connectivity index (χ2n) is 2.81. The molecule has 0 saturated carbocycles. The van der Waals surface area contributed by atoms with Gasteiger partial charge in [-0.1, -0.05) is 18.3 Å². The summed E-state index contributed by atoms with van der Waals surface area (Å²) in [6, 6.07) is 0. The molecule has 0 aromatic rings. The van der Waals surface area contributed by atoms with Crippen molar-refractivity contribution < 1.29 is 13.3 Å². The Morgan fingerprint density at radius 3 is 2.38 bits per heavy atom. The van der Waals surface area contributed by atoms with Crippen LogP contribution in [-0.2, 0) is 15.0 Å². The van der Waals surface area contributed by atoms with Crippen LogP contribution >= 0.6 is 0 Å². The summed E-state index contributed by atoms with van der Waals surface area (Å²) < 4.78 is 25.9. The third-order valence-electron chi connectivity index (χ3n) is 2.01. The summed E-state index contributed by atoms with van der Waals surface area (Å²) in [4.78, 5) is 5.01. The Labute approximate surface area is 79.4 Å². The van der Waals surface area contributed by atoms with E-state index in [9.17, 15) is 8.42 Å². The highest BCUT2D eigenvalue weighted by Gasteiger charge is 2.31. The molecule has 5 nitrogen and oxygen atoms in total. The first-order valence-electron chi connectivity index (χ1n) is 4.53. The van der Waals surface area contributed by atoms with E-state index in [-0.39, 0.29) is 0 Å². The zero-order valence-electron chi connectivity index (χ0n) is 8.06. The summed E-state index contributed by atoms with van der Waals surface area (Å²) in [6.45, 7) is 5.57. The van der Waals surface area contributed by atoms with Gasteiger partial charge in [0.15, 0.2) is 0 Å². The number of nitrogens with zero attached hydrogens (tertiary/aromatic N) is 2. The molecule has 0 bridgehead atoms. The lowest BCUT2D eigenvalue weighted by Crippen LogP contribution is -2.41. The lowest BCUT2D eigenvalue weighted by Gasteiger charge is -2.23. The van der Waals surface area contributed by atoms with E-state index in [2.05, 4.69) is 0 Å². The van der Waals surface area contributed by atoms with Crippen LogP contribution in [-0.4, -0.2) is 43.4 Å². The topological polar surface area (TPSA) is 49.9 Å². The second kappa shape index (κ2) is 4.36. The van der Waals surface area contributed by atoms with Crippen molar-refractivity contribution in [3.8, 4) is 0 Å². The molecule has 1 aliphatic heterocycles. The SMILES string of the molecule is CCN(CC)S(=O)(=O)N1CCCO1. The van der Waals surface area contributed by atoms with Gasteiger partial charge >= 0.3 is 10.2 Å². The molecule has 0 spiro atoms. The van der Waals surface area contributed by atoms with Gasteiger partial charge in [-0.2, -0.15) is 12.7 Å². The highest BCUT2D eigenvalue weighted by Crippen LogP contribution is 2.14. The van der Waals surface area contributed by atoms with Gasteiger partial charge < -0.3 is 0 Å². The van der Waals surface area contributed by atoms with Crippen LogP contribution in [0.2, 0.25) is 0 Å². The average Bonchev–Trinajstić information content (AvgIpc) is 2.58. The Morgan fingerprint density at radius 1 is 1.38 bits per heavy atom. The third-order valence-corrected chi connectivity index (χ3v) is 3.98. The van der Waals surface area contributed by atoms with Crippen molar-refractivity contribution in [2.45, 2.75) is 20.3 Å². The molecule has 1 saturated heterocycles. The molecule has 1 rings (SSSR count). The average molecular weight is 208 g/mol. The number of hydrogen-bond acceptors (Lipinski definition) is 3. The van der Waals surface area contributed by atoms with Crippen molar-refractivity contribution >= 4 is 10.2 Å². The molecule has 1 fully saturated rings. The molecule has 1 aliphatic rings.